The van der Waals surface area contributed by atoms with E-state index in [2.05, 4.69) is 5.32 Å². The van der Waals surface area contributed by atoms with Gasteiger partial charge in [-0.2, -0.15) is 0 Å². The Labute approximate surface area is 170 Å². The van der Waals surface area contributed by atoms with Crippen molar-refractivity contribution in [2.75, 3.05) is 20.8 Å². The van der Waals surface area contributed by atoms with Crippen molar-refractivity contribution in [3.8, 4) is 11.5 Å². The number of carbonyl (C=O) groups excluding carboxylic acids is 3. The highest BCUT2D eigenvalue weighted by molar-refractivity contribution is 6.00. The molecule has 7 heteroatoms. The summed E-state index contributed by atoms with van der Waals surface area (Å²) in [6, 6.07) is 11.7. The highest BCUT2D eigenvalue weighted by atomic mass is 16.5. The molecule has 2 aromatic rings. The number of carbonyl (C=O) groups is 3. The van der Waals surface area contributed by atoms with E-state index in [1.54, 1.807) is 18.2 Å². The molecule has 0 heterocycles. The second-order valence-corrected chi connectivity index (χ2v) is 6.52. The number of amides is 1. The third kappa shape index (κ3) is 6.34. The Morgan fingerprint density at radius 2 is 1.69 bits per heavy atom. The molecule has 7 nitrogen and oxygen atoms in total. The summed E-state index contributed by atoms with van der Waals surface area (Å²) in [4.78, 5) is 36.2. The summed E-state index contributed by atoms with van der Waals surface area (Å²) in [5, 5.41) is 2.74. The van der Waals surface area contributed by atoms with Crippen LogP contribution in [0.15, 0.2) is 42.5 Å². The van der Waals surface area contributed by atoms with Crippen LogP contribution in [0.2, 0.25) is 0 Å². The van der Waals surface area contributed by atoms with E-state index in [-0.39, 0.29) is 17.9 Å². The maximum atomic E-state index is 12.4. The molecular formula is C22H25NO6. The lowest BCUT2D eigenvalue weighted by molar-refractivity contribution is -0.143. The Balaban J connectivity index is 2.02. The summed E-state index contributed by atoms with van der Waals surface area (Å²) >= 11 is 0. The first-order valence-corrected chi connectivity index (χ1v) is 9.08. The Hall–Kier alpha value is -3.35. The van der Waals surface area contributed by atoms with Gasteiger partial charge in [0.2, 0.25) is 11.7 Å². The number of Topliss-reactive ketones (excluding diaryl/α,β-unsaturated/α-hetero) is 1. The number of esters is 1. The highest BCUT2D eigenvalue weighted by Gasteiger charge is 2.20. The van der Waals surface area contributed by atoms with Gasteiger partial charge in [0.1, 0.15) is 11.5 Å². The Morgan fingerprint density at radius 3 is 2.28 bits per heavy atom. The van der Waals surface area contributed by atoms with Gasteiger partial charge in [-0.1, -0.05) is 29.8 Å². The van der Waals surface area contributed by atoms with Gasteiger partial charge < -0.3 is 19.5 Å². The third-order valence-electron chi connectivity index (χ3n) is 4.30. The predicted octanol–water partition coefficient (Wildman–Crippen LogP) is 3.01. The number of benzene rings is 2. The Morgan fingerprint density at radius 1 is 1.00 bits per heavy atom. The van der Waals surface area contributed by atoms with E-state index < -0.39 is 24.4 Å². The van der Waals surface area contributed by atoms with Crippen molar-refractivity contribution in [1.82, 2.24) is 5.32 Å². The van der Waals surface area contributed by atoms with Crippen molar-refractivity contribution >= 4 is 17.7 Å². The summed E-state index contributed by atoms with van der Waals surface area (Å²) < 4.78 is 15.5. The van der Waals surface area contributed by atoms with Crippen LogP contribution in [0.1, 0.15) is 40.9 Å². The van der Waals surface area contributed by atoms with Gasteiger partial charge in [-0.3, -0.25) is 14.4 Å². The van der Waals surface area contributed by atoms with E-state index >= 15 is 0 Å². The van der Waals surface area contributed by atoms with Crippen LogP contribution in [0.25, 0.3) is 0 Å². The van der Waals surface area contributed by atoms with E-state index in [0.29, 0.717) is 11.5 Å². The topological polar surface area (TPSA) is 90.9 Å². The molecule has 1 atom stereocenters. The smallest absolute Gasteiger partial charge is 0.308 e. The molecule has 1 amide bonds. The van der Waals surface area contributed by atoms with Crippen molar-refractivity contribution in [2.24, 2.45) is 0 Å². The summed E-state index contributed by atoms with van der Waals surface area (Å²) in [6.45, 7) is 2.90. The lowest BCUT2D eigenvalue weighted by atomic mass is 10.0. The molecule has 0 radical (unpaired) electrons. The lowest BCUT2D eigenvalue weighted by Gasteiger charge is -2.18. The van der Waals surface area contributed by atoms with Crippen LogP contribution in [0.5, 0.6) is 11.5 Å². The first kappa shape index (κ1) is 21.9. The van der Waals surface area contributed by atoms with Gasteiger partial charge in [-0.25, -0.2) is 0 Å². The molecule has 154 valence electrons. The van der Waals surface area contributed by atoms with Crippen LogP contribution in [-0.4, -0.2) is 38.5 Å². The fraction of sp³-hybridized carbons (Fsp3) is 0.318. The molecule has 0 aliphatic rings. The largest absolute Gasteiger partial charge is 0.497 e. The third-order valence-corrected chi connectivity index (χ3v) is 4.30. The molecule has 1 unspecified atom stereocenters. The quantitative estimate of drug-likeness (QED) is 0.515. The van der Waals surface area contributed by atoms with E-state index in [9.17, 15) is 14.4 Å². The Bertz CT molecular complexity index is 875. The summed E-state index contributed by atoms with van der Waals surface area (Å²) in [5.41, 5.74) is 2.14. The lowest BCUT2D eigenvalue weighted by Crippen LogP contribution is -2.29. The van der Waals surface area contributed by atoms with E-state index in [1.165, 1.54) is 21.1 Å². The number of hydrogen-bond donors (Lipinski definition) is 1. The van der Waals surface area contributed by atoms with Crippen LogP contribution in [-0.2, 0) is 14.3 Å². The molecule has 29 heavy (non-hydrogen) atoms. The van der Waals surface area contributed by atoms with Crippen molar-refractivity contribution in [3.05, 3.63) is 59.2 Å². The predicted molar refractivity (Wildman–Crippen MR) is 107 cm³/mol. The van der Waals surface area contributed by atoms with E-state index in [1.807, 2.05) is 31.2 Å². The number of methoxy groups -OCH3 is 2. The molecule has 2 aromatic carbocycles. The van der Waals surface area contributed by atoms with Crippen LogP contribution in [0.3, 0.4) is 0 Å². The first-order chi connectivity index (χ1) is 13.8. The number of hydrogen-bond acceptors (Lipinski definition) is 6. The van der Waals surface area contributed by atoms with Gasteiger partial charge in [0.25, 0.3) is 0 Å². The zero-order chi connectivity index (χ0) is 21.4. The average molecular weight is 399 g/mol. The molecule has 0 fully saturated rings. The van der Waals surface area contributed by atoms with Gasteiger partial charge in [0, 0.05) is 13.0 Å². The molecule has 0 aliphatic carbocycles. The molecule has 0 saturated heterocycles. The average Bonchev–Trinajstić information content (AvgIpc) is 2.71. The van der Waals surface area contributed by atoms with Crippen molar-refractivity contribution in [3.63, 3.8) is 0 Å². The monoisotopic (exact) mass is 399 g/mol. The SMILES string of the molecule is COc1ccc(C(=O)COC(=O)CC(NC(C)=O)c2ccc(C)cc2)c(OC)c1. The second-order valence-electron chi connectivity index (χ2n) is 6.52. The minimum absolute atomic E-state index is 0.0876. The van der Waals surface area contributed by atoms with Gasteiger partial charge in [-0.05, 0) is 24.6 Å². The Kier molecular flexibility index (Phi) is 7.77. The maximum absolute atomic E-state index is 12.4. The number of aryl methyl sites for hydroxylation is 1. The van der Waals surface area contributed by atoms with Crippen molar-refractivity contribution in [2.45, 2.75) is 26.3 Å². The molecule has 2 rings (SSSR count). The van der Waals surface area contributed by atoms with E-state index in [0.717, 1.165) is 11.1 Å². The summed E-state index contributed by atoms with van der Waals surface area (Å²) in [5.74, 6) is -0.371. The summed E-state index contributed by atoms with van der Waals surface area (Å²) in [6.07, 6.45) is -0.0876. The van der Waals surface area contributed by atoms with Gasteiger partial charge >= 0.3 is 5.97 Å². The molecule has 0 bridgehead atoms. The molecular weight excluding hydrogens is 374 g/mol. The molecule has 1 N–H and O–H groups in total. The second kappa shape index (κ2) is 10.3. The minimum atomic E-state index is -0.592. The molecule has 0 aliphatic heterocycles. The molecule has 0 spiro atoms. The van der Waals surface area contributed by atoms with Crippen LogP contribution >= 0.6 is 0 Å². The van der Waals surface area contributed by atoms with Crippen LogP contribution in [0.4, 0.5) is 0 Å². The number of rotatable bonds is 9. The fourth-order valence-corrected chi connectivity index (χ4v) is 2.77. The maximum Gasteiger partial charge on any atom is 0.308 e. The molecule has 0 saturated carbocycles. The van der Waals surface area contributed by atoms with Crippen molar-refractivity contribution in [1.29, 1.82) is 0 Å². The summed E-state index contributed by atoms with van der Waals surface area (Å²) in [7, 11) is 2.95. The first-order valence-electron chi connectivity index (χ1n) is 9.08. The minimum Gasteiger partial charge on any atom is -0.497 e. The number of ether oxygens (including phenoxy) is 3. The number of nitrogens with one attached hydrogen (secondary N) is 1. The van der Waals surface area contributed by atoms with Crippen LogP contribution in [0, 0.1) is 6.92 Å². The standard InChI is InChI=1S/C22H25NO6/c1-14-5-7-16(8-6-14)19(23-15(2)24)12-22(26)29-13-20(25)18-10-9-17(27-3)11-21(18)28-4/h5-11,19H,12-13H2,1-4H3,(H,23,24). The van der Waals surface area contributed by atoms with Gasteiger partial charge in [0.15, 0.2) is 6.61 Å². The molecule has 0 aromatic heterocycles. The highest BCUT2D eigenvalue weighted by Crippen LogP contribution is 2.25. The van der Waals surface area contributed by atoms with Crippen molar-refractivity contribution < 1.29 is 28.6 Å². The van der Waals surface area contributed by atoms with Gasteiger partial charge in [0.05, 0.1) is 32.2 Å². The number of ketones is 1. The van der Waals surface area contributed by atoms with E-state index in [4.69, 9.17) is 14.2 Å². The van der Waals surface area contributed by atoms with Gasteiger partial charge in [-0.15, -0.1) is 0 Å². The normalized spacial score (nSPS) is 11.3. The zero-order valence-electron chi connectivity index (χ0n) is 17.0. The zero-order valence-corrected chi connectivity index (χ0v) is 17.0. The van der Waals surface area contributed by atoms with Crippen LogP contribution < -0.4 is 14.8 Å². The fourth-order valence-electron chi connectivity index (χ4n) is 2.77.